The number of nitrogens with one attached hydrogen (secondary N) is 2. The number of hydrogen-bond acceptors (Lipinski definition) is 3. The van der Waals surface area contributed by atoms with Gasteiger partial charge in [-0.2, -0.15) is 0 Å². The summed E-state index contributed by atoms with van der Waals surface area (Å²) >= 11 is 0. The maximum absolute atomic E-state index is 11.8. The first-order valence-electron chi connectivity index (χ1n) is 6.46. The fourth-order valence-corrected chi connectivity index (χ4v) is 2.12. The number of amides is 2. The van der Waals surface area contributed by atoms with Crippen LogP contribution in [0.25, 0.3) is 0 Å². The first-order valence-corrected chi connectivity index (χ1v) is 6.46. The number of benzene rings is 1. The Kier molecular flexibility index (Phi) is 4.52. The van der Waals surface area contributed by atoms with Gasteiger partial charge in [0, 0.05) is 18.7 Å². The number of para-hydroxylation sites is 1. The molecule has 1 heterocycles. The van der Waals surface area contributed by atoms with Crippen LogP contribution in [-0.2, 0) is 14.3 Å². The van der Waals surface area contributed by atoms with Crippen LogP contribution in [0, 0.1) is 0 Å². The quantitative estimate of drug-likeness (QED) is 0.792. The maximum atomic E-state index is 11.8. The van der Waals surface area contributed by atoms with E-state index in [0.717, 1.165) is 11.3 Å². The van der Waals surface area contributed by atoms with E-state index >= 15 is 0 Å². The van der Waals surface area contributed by atoms with Crippen molar-refractivity contribution in [2.45, 2.75) is 25.8 Å². The number of rotatable bonds is 5. The summed E-state index contributed by atoms with van der Waals surface area (Å²) in [6.07, 6.45) is 0.589. The van der Waals surface area contributed by atoms with Gasteiger partial charge in [-0.15, -0.1) is 0 Å². The van der Waals surface area contributed by atoms with Gasteiger partial charge in [0.2, 0.25) is 11.8 Å². The minimum Gasteiger partial charge on any atom is -0.381 e. The second-order valence-electron chi connectivity index (χ2n) is 4.41. The molecule has 102 valence electrons. The van der Waals surface area contributed by atoms with Crippen LogP contribution in [-0.4, -0.2) is 25.0 Å². The molecule has 1 aliphatic rings. The molecule has 0 unspecified atom stereocenters. The van der Waals surface area contributed by atoms with E-state index in [2.05, 4.69) is 10.6 Å². The zero-order valence-corrected chi connectivity index (χ0v) is 10.9. The molecule has 1 atom stereocenters. The molecule has 19 heavy (non-hydrogen) atoms. The first kappa shape index (κ1) is 13.5. The summed E-state index contributed by atoms with van der Waals surface area (Å²) in [6.45, 7) is 2.89. The van der Waals surface area contributed by atoms with E-state index in [1.807, 2.05) is 31.2 Å². The van der Waals surface area contributed by atoms with Crippen molar-refractivity contribution < 1.29 is 14.3 Å². The van der Waals surface area contributed by atoms with Crippen molar-refractivity contribution >= 4 is 17.5 Å². The molecule has 0 radical (unpaired) electrons. The smallest absolute Gasteiger partial charge is 0.226 e. The monoisotopic (exact) mass is 262 g/mol. The third-order valence-electron chi connectivity index (χ3n) is 3.01. The minimum absolute atomic E-state index is 0.0752. The van der Waals surface area contributed by atoms with Crippen molar-refractivity contribution in [3.05, 3.63) is 29.8 Å². The molecule has 0 saturated heterocycles. The van der Waals surface area contributed by atoms with Crippen molar-refractivity contribution in [3.8, 4) is 0 Å². The second kappa shape index (κ2) is 6.33. The molecule has 2 N–H and O–H groups in total. The first-order chi connectivity index (χ1) is 9.20. The highest BCUT2D eigenvalue weighted by Gasteiger charge is 2.25. The van der Waals surface area contributed by atoms with Crippen molar-refractivity contribution in [2.24, 2.45) is 0 Å². The predicted octanol–water partition coefficient (Wildman–Crippen LogP) is 1.61. The van der Waals surface area contributed by atoms with Gasteiger partial charge in [0.15, 0.2) is 0 Å². The fourth-order valence-electron chi connectivity index (χ4n) is 2.12. The van der Waals surface area contributed by atoms with Crippen LogP contribution in [0.4, 0.5) is 5.69 Å². The lowest BCUT2D eigenvalue weighted by atomic mass is 9.97. The number of carbonyl (C=O) groups excluding carboxylic acids is 2. The Morgan fingerprint density at radius 1 is 1.47 bits per heavy atom. The standard InChI is InChI=1S/C14H18N2O3/c1-2-19-8-7-13(17)16-12-9-14(18)15-11-6-4-3-5-10(11)12/h3-6,12H,2,7-9H2,1H3,(H,15,18)(H,16,17)/t12-/m1/s1. The minimum atomic E-state index is -0.251. The van der Waals surface area contributed by atoms with Crippen molar-refractivity contribution in [1.82, 2.24) is 5.32 Å². The lowest BCUT2D eigenvalue weighted by molar-refractivity contribution is -0.123. The molecular weight excluding hydrogens is 244 g/mol. The largest absolute Gasteiger partial charge is 0.381 e. The number of fused-ring (bicyclic) bond motifs is 1. The normalized spacial score (nSPS) is 17.5. The highest BCUT2D eigenvalue weighted by molar-refractivity contribution is 5.95. The van der Waals surface area contributed by atoms with E-state index in [4.69, 9.17) is 4.74 Å². The van der Waals surface area contributed by atoms with Gasteiger partial charge in [0.25, 0.3) is 0 Å². The lowest BCUT2D eigenvalue weighted by Crippen LogP contribution is -2.35. The van der Waals surface area contributed by atoms with Crippen molar-refractivity contribution in [3.63, 3.8) is 0 Å². The lowest BCUT2D eigenvalue weighted by Gasteiger charge is -2.26. The molecular formula is C14H18N2O3. The van der Waals surface area contributed by atoms with E-state index in [0.29, 0.717) is 19.6 Å². The van der Waals surface area contributed by atoms with Crippen LogP contribution in [0.1, 0.15) is 31.4 Å². The molecule has 0 aliphatic carbocycles. The van der Waals surface area contributed by atoms with Gasteiger partial charge in [-0.3, -0.25) is 9.59 Å². The molecule has 5 nitrogen and oxygen atoms in total. The third kappa shape index (κ3) is 3.54. The number of carbonyl (C=O) groups is 2. The van der Waals surface area contributed by atoms with E-state index in [-0.39, 0.29) is 24.3 Å². The average Bonchev–Trinajstić information content (AvgIpc) is 2.39. The van der Waals surface area contributed by atoms with Crippen LogP contribution in [0.5, 0.6) is 0 Å². The number of anilines is 1. The van der Waals surface area contributed by atoms with Crippen LogP contribution in [0.2, 0.25) is 0 Å². The molecule has 0 bridgehead atoms. The average molecular weight is 262 g/mol. The van der Waals surface area contributed by atoms with E-state index in [9.17, 15) is 9.59 Å². The third-order valence-corrected chi connectivity index (χ3v) is 3.01. The second-order valence-corrected chi connectivity index (χ2v) is 4.41. The van der Waals surface area contributed by atoms with Crippen molar-refractivity contribution in [1.29, 1.82) is 0 Å². The van der Waals surface area contributed by atoms with Gasteiger partial charge in [-0.1, -0.05) is 18.2 Å². The van der Waals surface area contributed by atoms with Gasteiger partial charge in [-0.25, -0.2) is 0 Å². The van der Waals surface area contributed by atoms with E-state index in [1.165, 1.54) is 0 Å². The Balaban J connectivity index is 2.00. The Morgan fingerprint density at radius 3 is 3.05 bits per heavy atom. The van der Waals surface area contributed by atoms with Crippen LogP contribution in [0.3, 0.4) is 0 Å². The number of hydrogen-bond donors (Lipinski definition) is 2. The van der Waals surface area contributed by atoms with Crippen LogP contribution < -0.4 is 10.6 Å². The number of ether oxygens (including phenoxy) is 1. The molecule has 0 fully saturated rings. The van der Waals surface area contributed by atoms with Crippen LogP contribution >= 0.6 is 0 Å². The van der Waals surface area contributed by atoms with Crippen LogP contribution in [0.15, 0.2) is 24.3 Å². The summed E-state index contributed by atoms with van der Waals surface area (Å²) in [5.41, 5.74) is 1.72. The summed E-state index contributed by atoms with van der Waals surface area (Å²) in [5.74, 6) is -0.170. The molecule has 0 aromatic heterocycles. The van der Waals surface area contributed by atoms with E-state index < -0.39 is 0 Å². The van der Waals surface area contributed by atoms with Gasteiger partial charge < -0.3 is 15.4 Å². The highest BCUT2D eigenvalue weighted by atomic mass is 16.5. The summed E-state index contributed by atoms with van der Waals surface area (Å²) in [7, 11) is 0. The predicted molar refractivity (Wildman–Crippen MR) is 71.7 cm³/mol. The molecule has 0 spiro atoms. The topological polar surface area (TPSA) is 67.4 Å². The summed E-state index contributed by atoms with van der Waals surface area (Å²) in [5, 5.41) is 5.69. The molecule has 5 heteroatoms. The van der Waals surface area contributed by atoms with Gasteiger partial charge >= 0.3 is 0 Å². The Labute approximate surface area is 112 Å². The summed E-state index contributed by atoms with van der Waals surface area (Å²) in [4.78, 5) is 23.4. The highest BCUT2D eigenvalue weighted by Crippen LogP contribution is 2.29. The molecule has 0 saturated carbocycles. The molecule has 1 aromatic rings. The maximum Gasteiger partial charge on any atom is 0.226 e. The Morgan fingerprint density at radius 2 is 2.26 bits per heavy atom. The molecule has 1 aromatic carbocycles. The Bertz CT molecular complexity index is 474. The van der Waals surface area contributed by atoms with E-state index in [1.54, 1.807) is 0 Å². The molecule has 1 aliphatic heterocycles. The van der Waals surface area contributed by atoms with Gasteiger partial charge in [-0.05, 0) is 18.6 Å². The fraction of sp³-hybridized carbons (Fsp3) is 0.429. The molecule has 2 rings (SSSR count). The Hall–Kier alpha value is -1.88. The SMILES string of the molecule is CCOCCC(=O)N[C@@H]1CC(=O)Nc2ccccc21. The van der Waals surface area contributed by atoms with Crippen molar-refractivity contribution in [2.75, 3.05) is 18.5 Å². The zero-order chi connectivity index (χ0) is 13.7. The summed E-state index contributed by atoms with van der Waals surface area (Å²) in [6, 6.07) is 7.27. The van der Waals surface area contributed by atoms with Gasteiger partial charge in [0.1, 0.15) is 0 Å². The zero-order valence-electron chi connectivity index (χ0n) is 10.9. The summed E-state index contributed by atoms with van der Waals surface area (Å²) < 4.78 is 5.14. The molecule has 2 amide bonds. The van der Waals surface area contributed by atoms with Gasteiger partial charge in [0.05, 0.1) is 19.1 Å².